The van der Waals surface area contributed by atoms with Gasteiger partial charge in [0.05, 0.1) is 19.1 Å². The molecule has 0 aliphatic carbocycles. The Hall–Kier alpha value is -2.86. The van der Waals surface area contributed by atoms with Crippen LogP contribution in [0.25, 0.3) is 0 Å². The maximum absolute atomic E-state index is 13.5. The number of benzene rings is 2. The van der Waals surface area contributed by atoms with Gasteiger partial charge in [0, 0.05) is 23.7 Å². The van der Waals surface area contributed by atoms with E-state index in [0.717, 1.165) is 29.8 Å². The second-order valence-electron chi connectivity index (χ2n) is 8.93. The van der Waals surface area contributed by atoms with Crippen LogP contribution >= 0.6 is 0 Å². The second-order valence-corrected chi connectivity index (χ2v) is 8.93. The van der Waals surface area contributed by atoms with Crippen LogP contribution in [0.4, 0.5) is 5.69 Å². The standard InChI is InChI=1S/C26H35N3O3/c1-18-10-12-20(13-11-18)29-24(30)15-14-22(26(31)27-19(2)16-17-28(3)4)25(29)21-8-6-7-9-23(21)32-5/h6-13,19,22,25H,14-17H2,1-5H3,(H,27,31). The van der Waals surface area contributed by atoms with E-state index in [0.29, 0.717) is 18.6 Å². The molecule has 2 amide bonds. The number of para-hydroxylation sites is 1. The molecule has 1 aliphatic heterocycles. The van der Waals surface area contributed by atoms with Gasteiger partial charge >= 0.3 is 0 Å². The van der Waals surface area contributed by atoms with Crippen molar-refractivity contribution in [3.63, 3.8) is 0 Å². The Labute approximate surface area is 191 Å². The van der Waals surface area contributed by atoms with E-state index in [-0.39, 0.29) is 23.8 Å². The number of hydrogen-bond acceptors (Lipinski definition) is 4. The fraction of sp³-hybridized carbons (Fsp3) is 0.462. The molecule has 2 aromatic rings. The number of carbonyl (C=O) groups excluding carboxylic acids is 2. The highest BCUT2D eigenvalue weighted by Crippen LogP contribution is 2.43. The molecule has 0 spiro atoms. The Bertz CT molecular complexity index is 926. The van der Waals surface area contributed by atoms with Crippen molar-refractivity contribution in [2.45, 2.75) is 45.2 Å². The maximum atomic E-state index is 13.5. The molecule has 0 aromatic heterocycles. The highest BCUT2D eigenvalue weighted by molar-refractivity contribution is 5.97. The number of piperidine rings is 1. The van der Waals surface area contributed by atoms with Crippen LogP contribution in [0.3, 0.4) is 0 Å². The first-order valence-electron chi connectivity index (χ1n) is 11.3. The molecule has 1 fully saturated rings. The molecular formula is C26H35N3O3. The summed E-state index contributed by atoms with van der Waals surface area (Å²) in [7, 11) is 5.68. The van der Waals surface area contributed by atoms with Gasteiger partial charge in [-0.15, -0.1) is 0 Å². The predicted octanol–water partition coefficient (Wildman–Crippen LogP) is 3.94. The van der Waals surface area contributed by atoms with Crippen LogP contribution in [0.15, 0.2) is 48.5 Å². The molecule has 1 aliphatic rings. The minimum absolute atomic E-state index is 0.0169. The van der Waals surface area contributed by atoms with Crippen molar-refractivity contribution in [3.05, 3.63) is 59.7 Å². The van der Waals surface area contributed by atoms with E-state index >= 15 is 0 Å². The lowest BCUT2D eigenvalue weighted by molar-refractivity contribution is -0.129. The summed E-state index contributed by atoms with van der Waals surface area (Å²) in [4.78, 5) is 30.5. The zero-order chi connectivity index (χ0) is 23.3. The van der Waals surface area contributed by atoms with Gasteiger partial charge in [-0.2, -0.15) is 0 Å². The van der Waals surface area contributed by atoms with Crippen molar-refractivity contribution in [1.82, 2.24) is 10.2 Å². The van der Waals surface area contributed by atoms with Crippen molar-refractivity contribution in [2.75, 3.05) is 32.6 Å². The van der Waals surface area contributed by atoms with Gasteiger partial charge in [0.2, 0.25) is 11.8 Å². The van der Waals surface area contributed by atoms with Gasteiger partial charge in [-0.1, -0.05) is 35.9 Å². The monoisotopic (exact) mass is 437 g/mol. The van der Waals surface area contributed by atoms with Gasteiger partial charge < -0.3 is 19.9 Å². The summed E-state index contributed by atoms with van der Waals surface area (Å²) in [5.41, 5.74) is 2.77. The highest BCUT2D eigenvalue weighted by Gasteiger charge is 2.42. The second kappa shape index (κ2) is 10.6. The SMILES string of the molecule is COc1ccccc1C1C(C(=O)NC(C)CCN(C)C)CCC(=O)N1c1ccc(C)cc1. The first kappa shape index (κ1) is 23.8. The Morgan fingerprint density at radius 2 is 1.88 bits per heavy atom. The summed E-state index contributed by atoms with van der Waals surface area (Å²) in [5, 5.41) is 3.19. The van der Waals surface area contributed by atoms with Crippen LogP contribution in [0.2, 0.25) is 0 Å². The number of carbonyl (C=O) groups is 2. The average molecular weight is 438 g/mol. The molecule has 6 nitrogen and oxygen atoms in total. The minimum Gasteiger partial charge on any atom is -0.496 e. The Kier molecular flexibility index (Phi) is 7.91. The largest absolute Gasteiger partial charge is 0.496 e. The zero-order valence-electron chi connectivity index (χ0n) is 19.8. The zero-order valence-corrected chi connectivity index (χ0v) is 19.8. The number of rotatable bonds is 8. The van der Waals surface area contributed by atoms with Gasteiger partial charge in [0.15, 0.2) is 0 Å². The van der Waals surface area contributed by atoms with Gasteiger partial charge in [0.25, 0.3) is 0 Å². The Morgan fingerprint density at radius 3 is 2.53 bits per heavy atom. The quantitative estimate of drug-likeness (QED) is 0.679. The number of amides is 2. The number of ether oxygens (including phenoxy) is 1. The lowest BCUT2D eigenvalue weighted by atomic mass is 9.82. The lowest BCUT2D eigenvalue weighted by Gasteiger charge is -2.41. The molecule has 32 heavy (non-hydrogen) atoms. The number of aryl methyl sites for hydroxylation is 1. The van der Waals surface area contributed by atoms with Crippen LogP contribution in [-0.2, 0) is 9.59 Å². The smallest absolute Gasteiger partial charge is 0.227 e. The third kappa shape index (κ3) is 5.49. The van der Waals surface area contributed by atoms with E-state index in [1.807, 2.05) is 76.5 Å². The third-order valence-corrected chi connectivity index (χ3v) is 6.10. The van der Waals surface area contributed by atoms with Crippen LogP contribution in [0.1, 0.15) is 43.4 Å². The first-order valence-corrected chi connectivity index (χ1v) is 11.3. The minimum atomic E-state index is -0.434. The molecule has 1 N–H and O–H groups in total. The molecule has 0 saturated carbocycles. The average Bonchev–Trinajstić information content (AvgIpc) is 2.78. The molecule has 0 radical (unpaired) electrons. The van der Waals surface area contributed by atoms with Crippen molar-refractivity contribution >= 4 is 17.5 Å². The molecule has 1 heterocycles. The van der Waals surface area contributed by atoms with Crippen molar-refractivity contribution in [3.8, 4) is 5.75 Å². The molecule has 172 valence electrons. The predicted molar refractivity (Wildman–Crippen MR) is 128 cm³/mol. The summed E-state index contributed by atoms with van der Waals surface area (Å²) < 4.78 is 5.64. The van der Waals surface area contributed by atoms with Crippen LogP contribution in [0.5, 0.6) is 5.75 Å². The summed E-state index contributed by atoms with van der Waals surface area (Å²) in [6, 6.07) is 15.2. The fourth-order valence-corrected chi connectivity index (χ4v) is 4.32. The van der Waals surface area contributed by atoms with Crippen molar-refractivity contribution in [2.24, 2.45) is 5.92 Å². The van der Waals surface area contributed by atoms with E-state index in [2.05, 4.69) is 10.2 Å². The normalized spacial score (nSPS) is 19.7. The van der Waals surface area contributed by atoms with E-state index < -0.39 is 6.04 Å². The maximum Gasteiger partial charge on any atom is 0.227 e. The van der Waals surface area contributed by atoms with Crippen LogP contribution in [0, 0.1) is 12.8 Å². The van der Waals surface area contributed by atoms with Crippen molar-refractivity contribution < 1.29 is 14.3 Å². The molecular weight excluding hydrogens is 402 g/mol. The van der Waals surface area contributed by atoms with E-state index in [1.54, 1.807) is 12.0 Å². The summed E-state index contributed by atoms with van der Waals surface area (Å²) in [6.07, 6.45) is 1.71. The number of methoxy groups -OCH3 is 1. The number of hydrogen-bond donors (Lipinski definition) is 1. The summed E-state index contributed by atoms with van der Waals surface area (Å²) in [5.74, 6) is 0.320. The molecule has 1 saturated heterocycles. The molecule has 3 unspecified atom stereocenters. The molecule has 6 heteroatoms. The van der Waals surface area contributed by atoms with Gasteiger partial charge in [-0.25, -0.2) is 0 Å². The number of nitrogens with zero attached hydrogens (tertiary/aromatic N) is 2. The highest BCUT2D eigenvalue weighted by atomic mass is 16.5. The van der Waals surface area contributed by atoms with Gasteiger partial charge in [-0.05, 0) is 65.5 Å². The molecule has 3 rings (SSSR count). The fourth-order valence-electron chi connectivity index (χ4n) is 4.32. The van der Waals surface area contributed by atoms with Crippen molar-refractivity contribution in [1.29, 1.82) is 0 Å². The van der Waals surface area contributed by atoms with Gasteiger partial charge in [0.1, 0.15) is 5.75 Å². The van der Waals surface area contributed by atoms with Crippen LogP contribution in [-0.4, -0.2) is 50.5 Å². The van der Waals surface area contributed by atoms with E-state index in [9.17, 15) is 9.59 Å². The topological polar surface area (TPSA) is 61.9 Å². The summed E-state index contributed by atoms with van der Waals surface area (Å²) in [6.45, 7) is 4.95. The Balaban J connectivity index is 1.98. The Morgan fingerprint density at radius 1 is 1.19 bits per heavy atom. The summed E-state index contributed by atoms with van der Waals surface area (Å²) >= 11 is 0. The number of nitrogens with one attached hydrogen (secondary N) is 1. The number of anilines is 1. The van der Waals surface area contributed by atoms with E-state index in [1.165, 1.54) is 0 Å². The lowest BCUT2D eigenvalue weighted by Crippen LogP contribution is -2.50. The van der Waals surface area contributed by atoms with Crippen LogP contribution < -0.4 is 15.0 Å². The first-order chi connectivity index (χ1) is 15.3. The molecule has 2 aromatic carbocycles. The molecule has 0 bridgehead atoms. The van der Waals surface area contributed by atoms with E-state index in [4.69, 9.17) is 4.74 Å². The molecule has 3 atom stereocenters. The van der Waals surface area contributed by atoms with Gasteiger partial charge in [-0.3, -0.25) is 9.59 Å². The third-order valence-electron chi connectivity index (χ3n) is 6.10.